The van der Waals surface area contributed by atoms with E-state index in [-0.39, 0.29) is 12.7 Å². The Bertz CT molecular complexity index is 168. The topological polar surface area (TPSA) is 43.7 Å². The van der Waals surface area contributed by atoms with Crippen molar-refractivity contribution in [1.29, 1.82) is 0 Å². The predicted octanol–water partition coefficient (Wildman–Crippen LogP) is 0.216. The lowest BCUT2D eigenvalue weighted by Crippen LogP contribution is -2.49. The third-order valence-corrected chi connectivity index (χ3v) is 3.67. The predicted molar refractivity (Wildman–Crippen MR) is 50.4 cm³/mol. The minimum Gasteiger partial charge on any atom is -0.395 e. The first-order chi connectivity index (χ1) is 6.24. The van der Waals surface area contributed by atoms with E-state index in [1.165, 1.54) is 12.8 Å². The molecular formula is C10H19NO2. The highest BCUT2D eigenvalue weighted by atomic mass is 16.3. The number of piperidine rings is 1. The van der Waals surface area contributed by atoms with E-state index in [1.807, 2.05) is 0 Å². The third-order valence-electron chi connectivity index (χ3n) is 3.67. The molecule has 13 heavy (non-hydrogen) atoms. The smallest absolute Gasteiger partial charge is 0.0558 e. The first-order valence-corrected chi connectivity index (χ1v) is 5.25. The fourth-order valence-corrected chi connectivity index (χ4v) is 2.74. The summed E-state index contributed by atoms with van der Waals surface area (Å²) in [7, 11) is 0. The van der Waals surface area contributed by atoms with Crippen molar-refractivity contribution in [1.82, 2.24) is 4.90 Å². The van der Waals surface area contributed by atoms with Crippen LogP contribution in [0.2, 0.25) is 0 Å². The summed E-state index contributed by atoms with van der Waals surface area (Å²) in [5.41, 5.74) is 0.478. The van der Waals surface area contributed by atoms with Gasteiger partial charge in [0.05, 0.1) is 12.7 Å². The van der Waals surface area contributed by atoms with Crippen LogP contribution in [0.3, 0.4) is 0 Å². The molecule has 3 nitrogen and oxygen atoms in total. The minimum absolute atomic E-state index is 0.0237. The van der Waals surface area contributed by atoms with Crippen molar-refractivity contribution < 1.29 is 10.2 Å². The highest BCUT2D eigenvalue weighted by molar-refractivity contribution is 4.96. The van der Waals surface area contributed by atoms with Crippen LogP contribution in [0.25, 0.3) is 0 Å². The maximum Gasteiger partial charge on any atom is 0.0558 e. The van der Waals surface area contributed by atoms with E-state index in [4.69, 9.17) is 5.11 Å². The second-order valence-corrected chi connectivity index (χ2v) is 4.63. The molecular weight excluding hydrogens is 166 g/mol. The molecule has 1 aliphatic heterocycles. The molecule has 0 unspecified atom stereocenters. The molecule has 0 aromatic heterocycles. The maximum atomic E-state index is 9.28. The van der Waals surface area contributed by atoms with Gasteiger partial charge in [0.1, 0.15) is 0 Å². The first kappa shape index (κ1) is 9.44. The Morgan fingerprint density at radius 2 is 1.85 bits per heavy atom. The first-order valence-electron chi connectivity index (χ1n) is 5.25. The van der Waals surface area contributed by atoms with Gasteiger partial charge in [0.25, 0.3) is 0 Å². The molecule has 76 valence electrons. The quantitative estimate of drug-likeness (QED) is 0.646. The number of likely N-dealkylation sites (tertiary alicyclic amines) is 1. The molecule has 2 fully saturated rings. The van der Waals surface area contributed by atoms with Crippen molar-refractivity contribution >= 4 is 0 Å². The van der Waals surface area contributed by atoms with Gasteiger partial charge < -0.3 is 15.1 Å². The van der Waals surface area contributed by atoms with Crippen LogP contribution in [0.1, 0.15) is 25.7 Å². The van der Waals surface area contributed by atoms with Crippen LogP contribution >= 0.6 is 0 Å². The summed E-state index contributed by atoms with van der Waals surface area (Å²) in [5, 5.41) is 18.1. The number of nitrogens with zero attached hydrogens (tertiary/aromatic N) is 1. The van der Waals surface area contributed by atoms with E-state index >= 15 is 0 Å². The molecule has 1 spiro atoms. The normalized spacial score (nSPS) is 29.1. The van der Waals surface area contributed by atoms with Crippen LogP contribution in [-0.4, -0.2) is 47.5 Å². The Morgan fingerprint density at radius 3 is 2.31 bits per heavy atom. The lowest BCUT2D eigenvalue weighted by Gasteiger charge is -2.50. The van der Waals surface area contributed by atoms with Crippen LogP contribution in [0.4, 0.5) is 0 Å². The van der Waals surface area contributed by atoms with E-state index < -0.39 is 0 Å². The number of rotatable bonds is 2. The summed E-state index contributed by atoms with van der Waals surface area (Å²) in [5.74, 6) is 0. The number of β-amino-alcohol motifs (C(OH)–C–C–N with tert-alkyl or cyclic N) is 1. The van der Waals surface area contributed by atoms with Gasteiger partial charge in [-0.1, -0.05) is 0 Å². The SMILES string of the molecule is OCCN1CCC2(CC1)CC(O)C2. The Balaban J connectivity index is 1.77. The lowest BCUT2D eigenvalue weighted by molar-refractivity contribution is -0.0690. The number of aliphatic hydroxyl groups excluding tert-OH is 2. The summed E-state index contributed by atoms with van der Waals surface area (Å²) >= 11 is 0. The van der Waals surface area contributed by atoms with Crippen LogP contribution in [0.5, 0.6) is 0 Å². The zero-order valence-corrected chi connectivity index (χ0v) is 8.08. The molecule has 0 atom stereocenters. The van der Waals surface area contributed by atoms with Crippen molar-refractivity contribution in [2.75, 3.05) is 26.2 Å². The lowest BCUT2D eigenvalue weighted by atomic mass is 9.61. The molecule has 0 aromatic carbocycles. The summed E-state index contributed by atoms with van der Waals surface area (Å²) in [6.45, 7) is 3.30. The zero-order valence-electron chi connectivity index (χ0n) is 8.08. The van der Waals surface area contributed by atoms with E-state index in [1.54, 1.807) is 0 Å². The van der Waals surface area contributed by atoms with Crippen LogP contribution in [0.15, 0.2) is 0 Å². The van der Waals surface area contributed by atoms with Gasteiger partial charge >= 0.3 is 0 Å². The molecule has 0 aromatic rings. The molecule has 2 N–H and O–H groups in total. The standard InChI is InChI=1S/C10H19NO2/c12-6-5-11-3-1-10(2-4-11)7-9(13)8-10/h9,12-13H,1-8H2. The molecule has 1 saturated heterocycles. The Hall–Kier alpha value is -0.120. The minimum atomic E-state index is -0.0237. The molecule has 1 aliphatic carbocycles. The number of hydrogen-bond acceptors (Lipinski definition) is 3. The number of hydrogen-bond donors (Lipinski definition) is 2. The summed E-state index contributed by atoms with van der Waals surface area (Å²) < 4.78 is 0. The Kier molecular flexibility index (Phi) is 2.58. The van der Waals surface area contributed by atoms with Gasteiger partial charge in [0.15, 0.2) is 0 Å². The molecule has 1 heterocycles. The molecule has 0 bridgehead atoms. The van der Waals surface area contributed by atoms with Gasteiger partial charge in [-0.15, -0.1) is 0 Å². The van der Waals surface area contributed by atoms with E-state index in [2.05, 4.69) is 4.90 Å². The van der Waals surface area contributed by atoms with Crippen LogP contribution in [0, 0.1) is 5.41 Å². The number of aliphatic hydroxyl groups is 2. The maximum absolute atomic E-state index is 9.28. The molecule has 0 radical (unpaired) electrons. The average Bonchev–Trinajstić information content (AvgIpc) is 2.07. The average molecular weight is 185 g/mol. The van der Waals surface area contributed by atoms with Gasteiger partial charge in [0.2, 0.25) is 0 Å². The molecule has 0 amide bonds. The van der Waals surface area contributed by atoms with Gasteiger partial charge in [-0.2, -0.15) is 0 Å². The van der Waals surface area contributed by atoms with Crippen molar-refractivity contribution in [2.45, 2.75) is 31.8 Å². The molecule has 1 saturated carbocycles. The van der Waals surface area contributed by atoms with E-state index in [0.29, 0.717) is 5.41 Å². The fraction of sp³-hybridized carbons (Fsp3) is 1.00. The molecule has 2 aliphatic rings. The highest BCUT2D eigenvalue weighted by Crippen LogP contribution is 2.48. The van der Waals surface area contributed by atoms with E-state index in [9.17, 15) is 5.11 Å². The van der Waals surface area contributed by atoms with E-state index in [0.717, 1.165) is 32.5 Å². The second-order valence-electron chi connectivity index (χ2n) is 4.63. The molecule has 3 heteroatoms. The van der Waals surface area contributed by atoms with Gasteiger partial charge in [-0.25, -0.2) is 0 Å². The van der Waals surface area contributed by atoms with Crippen molar-refractivity contribution in [3.8, 4) is 0 Å². The summed E-state index contributed by atoms with van der Waals surface area (Å²) in [6, 6.07) is 0. The summed E-state index contributed by atoms with van der Waals surface area (Å²) in [6.07, 6.45) is 4.43. The second kappa shape index (κ2) is 3.56. The zero-order chi connectivity index (χ0) is 9.31. The van der Waals surface area contributed by atoms with Crippen molar-refractivity contribution in [2.24, 2.45) is 5.41 Å². The monoisotopic (exact) mass is 185 g/mol. The third kappa shape index (κ3) is 1.87. The summed E-state index contributed by atoms with van der Waals surface area (Å²) in [4.78, 5) is 2.32. The van der Waals surface area contributed by atoms with Crippen molar-refractivity contribution in [3.05, 3.63) is 0 Å². The van der Waals surface area contributed by atoms with Gasteiger partial charge in [0, 0.05) is 6.54 Å². The Morgan fingerprint density at radius 1 is 1.23 bits per heavy atom. The van der Waals surface area contributed by atoms with Crippen LogP contribution < -0.4 is 0 Å². The highest BCUT2D eigenvalue weighted by Gasteiger charge is 2.44. The fourth-order valence-electron chi connectivity index (χ4n) is 2.74. The van der Waals surface area contributed by atoms with Gasteiger partial charge in [-0.05, 0) is 44.2 Å². The molecule has 2 rings (SSSR count). The Labute approximate surface area is 79.4 Å². The van der Waals surface area contributed by atoms with Gasteiger partial charge in [-0.3, -0.25) is 0 Å². The van der Waals surface area contributed by atoms with Crippen molar-refractivity contribution in [3.63, 3.8) is 0 Å². The largest absolute Gasteiger partial charge is 0.395 e. The van der Waals surface area contributed by atoms with Crippen LogP contribution in [-0.2, 0) is 0 Å².